The molecule has 88 valence electrons. The summed E-state index contributed by atoms with van der Waals surface area (Å²) in [6.07, 6.45) is 3.30. The zero-order valence-electron chi connectivity index (χ0n) is 10.0. The maximum atomic E-state index is 11.5. The van der Waals surface area contributed by atoms with Crippen molar-refractivity contribution in [1.82, 2.24) is 0 Å². The summed E-state index contributed by atoms with van der Waals surface area (Å²) in [6.45, 7) is 6.76. The average molecular weight is 213 g/mol. The van der Waals surface area contributed by atoms with Gasteiger partial charge < -0.3 is 10.5 Å². The van der Waals surface area contributed by atoms with Gasteiger partial charge in [-0.15, -0.1) is 0 Å². The molecule has 1 rings (SSSR count). The van der Waals surface area contributed by atoms with E-state index < -0.39 is 6.04 Å². The molecule has 0 amide bonds. The van der Waals surface area contributed by atoms with Crippen molar-refractivity contribution in [3.63, 3.8) is 0 Å². The van der Waals surface area contributed by atoms with Crippen LogP contribution in [0.25, 0.3) is 0 Å². The monoisotopic (exact) mass is 213 g/mol. The van der Waals surface area contributed by atoms with E-state index in [0.717, 1.165) is 18.8 Å². The highest BCUT2D eigenvalue weighted by molar-refractivity contribution is 5.75. The van der Waals surface area contributed by atoms with Gasteiger partial charge in [-0.3, -0.25) is 4.79 Å². The Labute approximate surface area is 92.4 Å². The fourth-order valence-electron chi connectivity index (χ4n) is 2.35. The third-order valence-electron chi connectivity index (χ3n) is 3.71. The SMILES string of the molecule is CCOC(=O)C(N)C1CCC(C)C(C)C1. The summed E-state index contributed by atoms with van der Waals surface area (Å²) >= 11 is 0. The molecule has 4 atom stereocenters. The van der Waals surface area contributed by atoms with Gasteiger partial charge in [0.2, 0.25) is 0 Å². The summed E-state index contributed by atoms with van der Waals surface area (Å²) in [5, 5.41) is 0. The Bertz CT molecular complexity index is 218. The van der Waals surface area contributed by atoms with Gasteiger partial charge in [-0.1, -0.05) is 20.3 Å². The number of esters is 1. The first-order chi connectivity index (χ1) is 7.06. The van der Waals surface area contributed by atoms with Crippen LogP contribution in [0.1, 0.15) is 40.0 Å². The van der Waals surface area contributed by atoms with E-state index in [-0.39, 0.29) is 5.97 Å². The summed E-state index contributed by atoms with van der Waals surface area (Å²) in [5.74, 6) is 1.51. The van der Waals surface area contributed by atoms with E-state index in [0.29, 0.717) is 18.4 Å². The minimum Gasteiger partial charge on any atom is -0.465 e. The Morgan fingerprint density at radius 3 is 2.60 bits per heavy atom. The molecular weight excluding hydrogens is 190 g/mol. The maximum absolute atomic E-state index is 11.5. The van der Waals surface area contributed by atoms with Crippen LogP contribution in [-0.4, -0.2) is 18.6 Å². The molecule has 0 aromatic carbocycles. The summed E-state index contributed by atoms with van der Waals surface area (Å²) < 4.78 is 4.96. The van der Waals surface area contributed by atoms with E-state index in [1.807, 2.05) is 6.92 Å². The summed E-state index contributed by atoms with van der Waals surface area (Å²) in [5.41, 5.74) is 5.91. The minimum atomic E-state index is -0.417. The van der Waals surface area contributed by atoms with Crippen LogP contribution in [0, 0.1) is 17.8 Å². The second-order valence-corrected chi connectivity index (χ2v) is 4.81. The molecule has 1 saturated carbocycles. The van der Waals surface area contributed by atoms with Crippen LogP contribution in [0.3, 0.4) is 0 Å². The van der Waals surface area contributed by atoms with Crippen LogP contribution in [0.2, 0.25) is 0 Å². The lowest BCUT2D eigenvalue weighted by molar-refractivity contribution is -0.146. The van der Waals surface area contributed by atoms with Crippen molar-refractivity contribution < 1.29 is 9.53 Å². The van der Waals surface area contributed by atoms with Gasteiger partial charge in [0.1, 0.15) is 6.04 Å². The lowest BCUT2D eigenvalue weighted by Gasteiger charge is -2.34. The summed E-state index contributed by atoms with van der Waals surface area (Å²) in [7, 11) is 0. The standard InChI is InChI=1S/C12H23NO2/c1-4-15-12(14)11(13)10-6-5-8(2)9(3)7-10/h8-11H,4-7,13H2,1-3H3. The van der Waals surface area contributed by atoms with Crippen LogP contribution < -0.4 is 5.73 Å². The van der Waals surface area contributed by atoms with Gasteiger partial charge in [-0.25, -0.2) is 0 Å². The second kappa shape index (κ2) is 5.50. The molecule has 0 aliphatic heterocycles. The van der Waals surface area contributed by atoms with Gasteiger partial charge in [0.15, 0.2) is 0 Å². The Kier molecular flexibility index (Phi) is 4.58. The number of carbonyl (C=O) groups is 1. The number of carbonyl (C=O) groups excluding carboxylic acids is 1. The molecule has 2 N–H and O–H groups in total. The molecule has 1 aliphatic carbocycles. The smallest absolute Gasteiger partial charge is 0.323 e. The Morgan fingerprint density at radius 2 is 2.07 bits per heavy atom. The first-order valence-electron chi connectivity index (χ1n) is 5.98. The van der Waals surface area contributed by atoms with Crippen molar-refractivity contribution in [2.75, 3.05) is 6.61 Å². The molecule has 0 aromatic heterocycles. The molecule has 1 aliphatic rings. The summed E-state index contributed by atoms with van der Waals surface area (Å²) in [6, 6.07) is -0.417. The van der Waals surface area contributed by atoms with Gasteiger partial charge in [0.25, 0.3) is 0 Å². The number of hydrogen-bond acceptors (Lipinski definition) is 3. The third-order valence-corrected chi connectivity index (χ3v) is 3.71. The van der Waals surface area contributed by atoms with Gasteiger partial charge in [0.05, 0.1) is 6.61 Å². The lowest BCUT2D eigenvalue weighted by atomic mass is 9.73. The topological polar surface area (TPSA) is 52.3 Å². The molecule has 3 heteroatoms. The van der Waals surface area contributed by atoms with Crippen molar-refractivity contribution in [3.05, 3.63) is 0 Å². The molecular formula is C12H23NO2. The fourth-order valence-corrected chi connectivity index (χ4v) is 2.35. The van der Waals surface area contributed by atoms with Gasteiger partial charge in [-0.05, 0) is 37.5 Å². The molecule has 0 bridgehead atoms. The minimum absolute atomic E-state index is 0.232. The van der Waals surface area contributed by atoms with E-state index >= 15 is 0 Å². The number of hydrogen-bond donors (Lipinski definition) is 1. The lowest BCUT2D eigenvalue weighted by Crippen LogP contribution is -2.42. The molecule has 1 fully saturated rings. The first kappa shape index (κ1) is 12.5. The normalized spacial score (nSPS) is 33.5. The van der Waals surface area contributed by atoms with E-state index in [2.05, 4.69) is 13.8 Å². The Hall–Kier alpha value is -0.570. The zero-order chi connectivity index (χ0) is 11.4. The number of nitrogens with two attached hydrogens (primary N) is 1. The highest BCUT2D eigenvalue weighted by Gasteiger charge is 2.32. The summed E-state index contributed by atoms with van der Waals surface area (Å²) in [4.78, 5) is 11.5. The van der Waals surface area contributed by atoms with Crippen LogP contribution in [0.4, 0.5) is 0 Å². The highest BCUT2D eigenvalue weighted by atomic mass is 16.5. The molecule has 4 unspecified atom stereocenters. The van der Waals surface area contributed by atoms with Crippen molar-refractivity contribution in [2.45, 2.75) is 46.1 Å². The second-order valence-electron chi connectivity index (χ2n) is 4.81. The van der Waals surface area contributed by atoms with Crippen LogP contribution in [0.15, 0.2) is 0 Å². The molecule has 15 heavy (non-hydrogen) atoms. The van der Waals surface area contributed by atoms with E-state index in [1.165, 1.54) is 6.42 Å². The largest absolute Gasteiger partial charge is 0.465 e. The maximum Gasteiger partial charge on any atom is 0.323 e. The fraction of sp³-hybridized carbons (Fsp3) is 0.917. The van der Waals surface area contributed by atoms with Crippen molar-refractivity contribution in [2.24, 2.45) is 23.5 Å². The molecule has 0 aromatic rings. The number of rotatable bonds is 3. The predicted octanol–water partition coefficient (Wildman–Crippen LogP) is 1.95. The van der Waals surface area contributed by atoms with Gasteiger partial charge in [0, 0.05) is 0 Å². The van der Waals surface area contributed by atoms with Gasteiger partial charge >= 0.3 is 5.97 Å². The van der Waals surface area contributed by atoms with Gasteiger partial charge in [-0.2, -0.15) is 0 Å². The van der Waals surface area contributed by atoms with Crippen molar-refractivity contribution in [3.8, 4) is 0 Å². The molecule has 0 radical (unpaired) electrons. The van der Waals surface area contributed by atoms with E-state index in [1.54, 1.807) is 0 Å². The highest BCUT2D eigenvalue weighted by Crippen LogP contribution is 2.34. The van der Waals surface area contributed by atoms with E-state index in [4.69, 9.17) is 10.5 Å². The molecule has 0 spiro atoms. The van der Waals surface area contributed by atoms with Crippen molar-refractivity contribution >= 4 is 5.97 Å². The average Bonchev–Trinajstić information content (AvgIpc) is 2.21. The molecule has 0 saturated heterocycles. The Balaban J connectivity index is 2.46. The predicted molar refractivity (Wildman–Crippen MR) is 60.3 cm³/mol. The van der Waals surface area contributed by atoms with Crippen molar-refractivity contribution in [1.29, 1.82) is 0 Å². The Morgan fingerprint density at radius 1 is 1.40 bits per heavy atom. The van der Waals surface area contributed by atoms with Crippen LogP contribution in [0.5, 0.6) is 0 Å². The van der Waals surface area contributed by atoms with Crippen LogP contribution in [-0.2, 0) is 9.53 Å². The van der Waals surface area contributed by atoms with E-state index in [9.17, 15) is 4.79 Å². The zero-order valence-corrected chi connectivity index (χ0v) is 10.0. The quantitative estimate of drug-likeness (QED) is 0.729. The molecule has 0 heterocycles. The molecule has 3 nitrogen and oxygen atoms in total. The first-order valence-corrected chi connectivity index (χ1v) is 5.98. The van der Waals surface area contributed by atoms with Crippen LogP contribution >= 0.6 is 0 Å². The number of ether oxygens (including phenoxy) is 1. The third kappa shape index (κ3) is 3.20.